The van der Waals surface area contributed by atoms with Gasteiger partial charge in [0, 0.05) is 16.5 Å². The van der Waals surface area contributed by atoms with Gasteiger partial charge in [-0.05, 0) is 30.7 Å². The van der Waals surface area contributed by atoms with Crippen LogP contribution in [0.2, 0.25) is 0 Å². The number of ether oxygens (including phenoxy) is 1. The molecule has 0 heterocycles. The molecule has 19 heavy (non-hydrogen) atoms. The van der Waals surface area contributed by atoms with Gasteiger partial charge in [-0.2, -0.15) is 0 Å². The molecule has 2 rings (SSSR count). The zero-order chi connectivity index (χ0) is 13.7. The Morgan fingerprint density at radius 2 is 1.89 bits per heavy atom. The van der Waals surface area contributed by atoms with E-state index in [-0.39, 0.29) is 0 Å². The standard InChI is InChI=1S/C16H17BrO2/c1-2-19-16-9-8-13(17)11-14(16)15(18)10-12-6-4-3-5-7-12/h3-9,11,15,18H,2,10H2,1H3. The topological polar surface area (TPSA) is 29.5 Å². The summed E-state index contributed by atoms with van der Waals surface area (Å²) in [4.78, 5) is 0. The third-order valence-corrected chi connectivity index (χ3v) is 3.40. The van der Waals surface area contributed by atoms with Crippen LogP contribution in [0.4, 0.5) is 0 Å². The molecular formula is C16H17BrO2. The predicted molar refractivity (Wildman–Crippen MR) is 80.4 cm³/mol. The van der Waals surface area contributed by atoms with Crippen LogP contribution < -0.4 is 4.74 Å². The van der Waals surface area contributed by atoms with E-state index in [0.29, 0.717) is 13.0 Å². The molecule has 0 aliphatic carbocycles. The molecule has 1 unspecified atom stereocenters. The Morgan fingerprint density at radius 1 is 1.16 bits per heavy atom. The van der Waals surface area contributed by atoms with Crippen LogP contribution in [0.1, 0.15) is 24.2 Å². The second-order valence-corrected chi connectivity index (χ2v) is 5.24. The van der Waals surface area contributed by atoms with Gasteiger partial charge >= 0.3 is 0 Å². The number of aliphatic hydroxyl groups excluding tert-OH is 1. The fraction of sp³-hybridized carbons (Fsp3) is 0.250. The first-order chi connectivity index (χ1) is 9.20. The van der Waals surface area contributed by atoms with Crippen molar-refractivity contribution in [1.82, 2.24) is 0 Å². The third kappa shape index (κ3) is 3.82. The van der Waals surface area contributed by atoms with Crippen molar-refractivity contribution >= 4 is 15.9 Å². The van der Waals surface area contributed by atoms with Crippen LogP contribution in [-0.2, 0) is 6.42 Å². The highest BCUT2D eigenvalue weighted by atomic mass is 79.9. The second-order valence-electron chi connectivity index (χ2n) is 4.32. The highest BCUT2D eigenvalue weighted by molar-refractivity contribution is 9.10. The van der Waals surface area contributed by atoms with Crippen molar-refractivity contribution in [3.8, 4) is 5.75 Å². The van der Waals surface area contributed by atoms with E-state index in [2.05, 4.69) is 15.9 Å². The Labute approximate surface area is 122 Å². The van der Waals surface area contributed by atoms with Gasteiger partial charge in [0.15, 0.2) is 0 Å². The van der Waals surface area contributed by atoms with E-state index in [0.717, 1.165) is 21.3 Å². The first-order valence-electron chi connectivity index (χ1n) is 6.35. The summed E-state index contributed by atoms with van der Waals surface area (Å²) in [7, 11) is 0. The molecule has 2 aromatic carbocycles. The van der Waals surface area contributed by atoms with E-state index in [4.69, 9.17) is 4.74 Å². The molecule has 0 aliphatic rings. The van der Waals surface area contributed by atoms with Crippen LogP contribution in [0.5, 0.6) is 5.75 Å². The van der Waals surface area contributed by atoms with Gasteiger partial charge in [-0.15, -0.1) is 0 Å². The summed E-state index contributed by atoms with van der Waals surface area (Å²) >= 11 is 3.43. The summed E-state index contributed by atoms with van der Waals surface area (Å²) in [5.74, 6) is 0.745. The van der Waals surface area contributed by atoms with Crippen LogP contribution in [-0.4, -0.2) is 11.7 Å². The molecule has 3 heteroatoms. The lowest BCUT2D eigenvalue weighted by atomic mass is 10.0. The Bertz CT molecular complexity index is 526. The van der Waals surface area contributed by atoms with E-state index < -0.39 is 6.10 Å². The number of aliphatic hydroxyl groups is 1. The number of hydrogen-bond acceptors (Lipinski definition) is 2. The van der Waals surface area contributed by atoms with Gasteiger partial charge in [-0.25, -0.2) is 0 Å². The minimum Gasteiger partial charge on any atom is -0.493 e. The van der Waals surface area contributed by atoms with E-state index in [1.807, 2.05) is 55.5 Å². The fourth-order valence-corrected chi connectivity index (χ4v) is 2.39. The SMILES string of the molecule is CCOc1ccc(Br)cc1C(O)Cc1ccccc1. The van der Waals surface area contributed by atoms with E-state index >= 15 is 0 Å². The number of benzene rings is 2. The van der Waals surface area contributed by atoms with Gasteiger partial charge in [0.2, 0.25) is 0 Å². The van der Waals surface area contributed by atoms with Crippen molar-refractivity contribution in [3.63, 3.8) is 0 Å². The van der Waals surface area contributed by atoms with Gasteiger partial charge in [0.05, 0.1) is 12.7 Å². The molecule has 0 aliphatic heterocycles. The first-order valence-corrected chi connectivity index (χ1v) is 7.14. The van der Waals surface area contributed by atoms with Crippen molar-refractivity contribution in [3.05, 3.63) is 64.1 Å². The van der Waals surface area contributed by atoms with Gasteiger partial charge in [-0.3, -0.25) is 0 Å². The van der Waals surface area contributed by atoms with Gasteiger partial charge in [-0.1, -0.05) is 46.3 Å². The minimum atomic E-state index is -0.568. The maximum atomic E-state index is 10.4. The average Bonchev–Trinajstić information content (AvgIpc) is 2.42. The molecule has 2 nitrogen and oxygen atoms in total. The molecule has 0 radical (unpaired) electrons. The minimum absolute atomic E-state index is 0.568. The summed E-state index contributed by atoms with van der Waals surface area (Å²) in [5.41, 5.74) is 1.93. The van der Waals surface area contributed by atoms with E-state index in [9.17, 15) is 5.11 Å². The molecule has 2 aromatic rings. The highest BCUT2D eigenvalue weighted by Crippen LogP contribution is 2.30. The molecule has 0 fully saturated rings. The summed E-state index contributed by atoms with van der Waals surface area (Å²) in [6.07, 6.45) is 0.0126. The Morgan fingerprint density at radius 3 is 2.58 bits per heavy atom. The zero-order valence-electron chi connectivity index (χ0n) is 10.8. The van der Waals surface area contributed by atoms with Crippen molar-refractivity contribution in [1.29, 1.82) is 0 Å². The highest BCUT2D eigenvalue weighted by Gasteiger charge is 2.14. The number of halogens is 1. The molecule has 1 N–H and O–H groups in total. The Kier molecular flexibility index (Phi) is 5.00. The normalized spacial score (nSPS) is 12.2. The largest absolute Gasteiger partial charge is 0.493 e. The average molecular weight is 321 g/mol. The molecule has 1 atom stereocenters. The van der Waals surface area contributed by atoms with Crippen molar-refractivity contribution in [2.45, 2.75) is 19.4 Å². The maximum Gasteiger partial charge on any atom is 0.125 e. The van der Waals surface area contributed by atoms with Crippen molar-refractivity contribution in [2.24, 2.45) is 0 Å². The number of hydrogen-bond donors (Lipinski definition) is 1. The number of rotatable bonds is 5. The molecule has 100 valence electrons. The van der Waals surface area contributed by atoms with Gasteiger partial charge in [0.25, 0.3) is 0 Å². The maximum absolute atomic E-state index is 10.4. The molecular weight excluding hydrogens is 304 g/mol. The molecule has 0 spiro atoms. The zero-order valence-corrected chi connectivity index (χ0v) is 12.4. The van der Waals surface area contributed by atoms with E-state index in [1.165, 1.54) is 0 Å². The smallest absolute Gasteiger partial charge is 0.125 e. The molecule has 0 saturated heterocycles. The van der Waals surface area contributed by atoms with Crippen molar-refractivity contribution in [2.75, 3.05) is 6.61 Å². The summed E-state index contributed by atoms with van der Waals surface area (Å²) in [6.45, 7) is 2.53. The molecule has 0 amide bonds. The molecule has 0 bridgehead atoms. The van der Waals surface area contributed by atoms with Gasteiger partial charge < -0.3 is 9.84 Å². The van der Waals surface area contributed by atoms with Crippen LogP contribution in [0.3, 0.4) is 0 Å². The monoisotopic (exact) mass is 320 g/mol. The summed E-state index contributed by atoms with van der Waals surface area (Å²) in [5, 5.41) is 10.4. The predicted octanol–water partition coefficient (Wildman–Crippen LogP) is 4.12. The molecule has 0 aromatic heterocycles. The Hall–Kier alpha value is -1.32. The lowest BCUT2D eigenvalue weighted by molar-refractivity contribution is 0.172. The molecule has 0 saturated carbocycles. The van der Waals surface area contributed by atoms with Gasteiger partial charge in [0.1, 0.15) is 5.75 Å². The van der Waals surface area contributed by atoms with Crippen LogP contribution in [0.25, 0.3) is 0 Å². The fourth-order valence-electron chi connectivity index (χ4n) is 2.01. The lowest BCUT2D eigenvalue weighted by Gasteiger charge is -2.16. The Balaban J connectivity index is 2.22. The third-order valence-electron chi connectivity index (χ3n) is 2.90. The summed E-state index contributed by atoms with van der Waals surface area (Å²) in [6, 6.07) is 15.7. The van der Waals surface area contributed by atoms with E-state index in [1.54, 1.807) is 0 Å². The van der Waals surface area contributed by atoms with Crippen LogP contribution in [0, 0.1) is 0 Å². The second kappa shape index (κ2) is 6.73. The van der Waals surface area contributed by atoms with Crippen molar-refractivity contribution < 1.29 is 9.84 Å². The lowest BCUT2D eigenvalue weighted by Crippen LogP contribution is -2.05. The van der Waals surface area contributed by atoms with Crippen LogP contribution >= 0.6 is 15.9 Å². The van der Waals surface area contributed by atoms with Crippen LogP contribution in [0.15, 0.2) is 53.0 Å². The summed E-state index contributed by atoms with van der Waals surface area (Å²) < 4.78 is 6.51. The quantitative estimate of drug-likeness (QED) is 0.897. The first kappa shape index (κ1) is 14.1.